The van der Waals surface area contributed by atoms with E-state index in [2.05, 4.69) is 20.7 Å². The molecule has 1 aromatic rings. The molecule has 0 aliphatic rings. The van der Waals surface area contributed by atoms with Crippen molar-refractivity contribution in [1.82, 2.24) is 10.6 Å². The Bertz CT molecular complexity index is 595. The summed E-state index contributed by atoms with van der Waals surface area (Å²) in [4.78, 5) is 23.6. The smallest absolute Gasteiger partial charge is 0.422 e. The number of amides is 3. The van der Waals surface area contributed by atoms with Gasteiger partial charge < -0.3 is 15.4 Å². The summed E-state index contributed by atoms with van der Waals surface area (Å²) in [6, 6.07) is 4.32. The third-order valence-electron chi connectivity index (χ3n) is 2.76. The molecule has 0 spiro atoms. The molecule has 0 saturated heterocycles. The van der Waals surface area contributed by atoms with Gasteiger partial charge in [-0.2, -0.15) is 13.2 Å². The maximum atomic E-state index is 12.1. The predicted molar refractivity (Wildman–Crippen MR) is 87.5 cm³/mol. The van der Waals surface area contributed by atoms with Gasteiger partial charge >= 0.3 is 12.2 Å². The number of ether oxygens (including phenoxy) is 1. The highest BCUT2D eigenvalue weighted by atomic mass is 19.4. The van der Waals surface area contributed by atoms with Crippen molar-refractivity contribution >= 4 is 17.6 Å². The van der Waals surface area contributed by atoms with Gasteiger partial charge in [-0.05, 0) is 52.0 Å². The molecular formula is C16H22F3N3O3. The van der Waals surface area contributed by atoms with Gasteiger partial charge in [0.25, 0.3) is 0 Å². The van der Waals surface area contributed by atoms with Gasteiger partial charge in [0, 0.05) is 11.2 Å². The number of benzene rings is 1. The number of nitrogens with one attached hydrogen (secondary N) is 3. The minimum atomic E-state index is -4.41. The molecule has 0 radical (unpaired) electrons. The lowest BCUT2D eigenvalue weighted by Gasteiger charge is -2.21. The molecule has 0 heterocycles. The highest BCUT2D eigenvalue weighted by Crippen LogP contribution is 2.20. The second kappa shape index (κ2) is 8.09. The molecule has 1 rings (SSSR count). The molecule has 0 aliphatic heterocycles. The van der Waals surface area contributed by atoms with E-state index < -0.39 is 36.3 Å². The molecule has 1 atom stereocenters. The van der Waals surface area contributed by atoms with Gasteiger partial charge in [-0.25, -0.2) is 4.79 Å². The van der Waals surface area contributed by atoms with Crippen LogP contribution in [0.5, 0.6) is 5.75 Å². The first-order chi connectivity index (χ1) is 11.4. The van der Waals surface area contributed by atoms with Crippen molar-refractivity contribution in [3.05, 3.63) is 24.3 Å². The van der Waals surface area contributed by atoms with Crippen LogP contribution in [0.4, 0.5) is 23.7 Å². The molecule has 0 aromatic heterocycles. The Morgan fingerprint density at radius 3 is 2.16 bits per heavy atom. The van der Waals surface area contributed by atoms with Gasteiger partial charge in [-0.3, -0.25) is 10.1 Å². The predicted octanol–water partition coefficient (Wildman–Crippen LogP) is 3.05. The summed E-state index contributed by atoms with van der Waals surface area (Å²) in [5.74, 6) is -0.483. The molecule has 1 aromatic carbocycles. The van der Waals surface area contributed by atoms with E-state index in [0.29, 0.717) is 5.69 Å². The fraction of sp³-hybridized carbons (Fsp3) is 0.500. The van der Waals surface area contributed by atoms with E-state index in [4.69, 9.17) is 0 Å². The maximum absolute atomic E-state index is 12.1. The van der Waals surface area contributed by atoms with Crippen LogP contribution >= 0.6 is 0 Å². The van der Waals surface area contributed by atoms with Crippen LogP contribution in [0.15, 0.2) is 24.3 Å². The number of rotatable bonds is 5. The summed E-state index contributed by atoms with van der Waals surface area (Å²) >= 11 is 0. The summed E-state index contributed by atoms with van der Waals surface area (Å²) < 4.78 is 40.8. The number of carbonyl (C=O) groups is 2. The second-order valence-corrected chi connectivity index (χ2v) is 6.49. The number of hydrogen-bond acceptors (Lipinski definition) is 4. The van der Waals surface area contributed by atoms with Crippen molar-refractivity contribution in [2.45, 2.75) is 45.5 Å². The molecule has 1 unspecified atom stereocenters. The van der Waals surface area contributed by atoms with Crippen molar-refractivity contribution in [3.8, 4) is 5.75 Å². The van der Waals surface area contributed by atoms with Crippen LogP contribution in [0.25, 0.3) is 0 Å². The summed E-state index contributed by atoms with van der Waals surface area (Å²) in [5.41, 5.74) is 0.0195. The summed E-state index contributed by atoms with van der Waals surface area (Å²) in [6.45, 7) is 5.51. The largest absolute Gasteiger partial charge is 0.484 e. The second-order valence-electron chi connectivity index (χ2n) is 6.49. The Morgan fingerprint density at radius 2 is 1.68 bits per heavy atom. The van der Waals surface area contributed by atoms with Crippen LogP contribution in [0.1, 0.15) is 27.7 Å². The Balaban J connectivity index is 2.52. The minimum Gasteiger partial charge on any atom is -0.484 e. The summed E-state index contributed by atoms with van der Waals surface area (Å²) in [7, 11) is 0. The molecule has 3 N–H and O–H groups in total. The van der Waals surface area contributed by atoms with E-state index in [1.165, 1.54) is 24.3 Å². The molecule has 0 bridgehead atoms. The number of carbonyl (C=O) groups excluding carboxylic acids is 2. The fourth-order valence-corrected chi connectivity index (χ4v) is 1.72. The Morgan fingerprint density at radius 1 is 1.12 bits per heavy atom. The van der Waals surface area contributed by atoms with Gasteiger partial charge in [-0.15, -0.1) is 0 Å². The number of alkyl halides is 3. The molecule has 0 fully saturated rings. The topological polar surface area (TPSA) is 79.5 Å². The first kappa shape index (κ1) is 20.6. The van der Waals surface area contributed by atoms with E-state index in [9.17, 15) is 22.8 Å². The quantitative estimate of drug-likeness (QED) is 0.753. The summed E-state index contributed by atoms with van der Waals surface area (Å²) in [6.07, 6.45) is -4.41. The molecule has 0 aliphatic carbocycles. The molecule has 3 amide bonds. The molecule has 25 heavy (non-hydrogen) atoms. The van der Waals surface area contributed by atoms with E-state index in [1.807, 2.05) is 0 Å². The lowest BCUT2D eigenvalue weighted by atomic mass is 10.1. The Kier molecular flexibility index (Phi) is 6.66. The first-order valence-corrected chi connectivity index (χ1v) is 7.55. The highest BCUT2D eigenvalue weighted by Gasteiger charge is 2.28. The van der Waals surface area contributed by atoms with Crippen molar-refractivity contribution in [1.29, 1.82) is 0 Å². The average Bonchev–Trinajstić information content (AvgIpc) is 2.43. The molecule has 0 saturated carbocycles. The van der Waals surface area contributed by atoms with Crippen LogP contribution in [0.2, 0.25) is 0 Å². The number of hydrogen-bond donors (Lipinski definition) is 3. The van der Waals surface area contributed by atoms with E-state index in [1.54, 1.807) is 27.7 Å². The van der Waals surface area contributed by atoms with Crippen LogP contribution < -0.4 is 20.7 Å². The number of anilines is 1. The third kappa shape index (κ3) is 8.83. The lowest BCUT2D eigenvalue weighted by molar-refractivity contribution is -0.153. The molecule has 140 valence electrons. The van der Waals surface area contributed by atoms with Crippen molar-refractivity contribution < 1.29 is 27.5 Å². The highest BCUT2D eigenvalue weighted by molar-refractivity contribution is 5.98. The third-order valence-corrected chi connectivity index (χ3v) is 2.76. The minimum absolute atomic E-state index is 0.0598. The van der Waals surface area contributed by atoms with Gasteiger partial charge in [0.1, 0.15) is 11.8 Å². The fourth-order valence-electron chi connectivity index (χ4n) is 1.72. The van der Waals surface area contributed by atoms with Crippen LogP contribution in [-0.2, 0) is 4.79 Å². The zero-order valence-corrected chi connectivity index (χ0v) is 14.5. The summed E-state index contributed by atoms with van der Waals surface area (Å²) in [5, 5.41) is 7.64. The maximum Gasteiger partial charge on any atom is 0.422 e. The number of halogens is 3. The number of imide groups is 1. The van der Waals surface area contributed by atoms with Crippen molar-refractivity contribution in [3.63, 3.8) is 0 Å². The zero-order valence-electron chi connectivity index (χ0n) is 14.5. The van der Waals surface area contributed by atoms with E-state index >= 15 is 0 Å². The van der Waals surface area contributed by atoms with Gasteiger partial charge in [0.15, 0.2) is 6.61 Å². The Hall–Kier alpha value is -2.45. The Labute approximate surface area is 144 Å². The zero-order chi connectivity index (χ0) is 19.3. The van der Waals surface area contributed by atoms with Gasteiger partial charge in [-0.1, -0.05) is 0 Å². The van der Waals surface area contributed by atoms with Crippen molar-refractivity contribution in [2.75, 3.05) is 11.9 Å². The molecule has 6 nitrogen and oxygen atoms in total. The van der Waals surface area contributed by atoms with Gasteiger partial charge in [0.2, 0.25) is 5.91 Å². The molecule has 9 heteroatoms. The standard InChI is InChI=1S/C16H22F3N3O3/c1-10(13(23)21-14(24)22-15(2,3)4)20-11-5-7-12(8-6-11)25-9-16(17,18)19/h5-8,10,20H,9H2,1-4H3,(H2,21,22,23,24). The number of urea groups is 1. The van der Waals surface area contributed by atoms with Crippen LogP contribution in [0, 0.1) is 0 Å². The molecular weight excluding hydrogens is 339 g/mol. The van der Waals surface area contributed by atoms with E-state index in [-0.39, 0.29) is 5.75 Å². The first-order valence-electron chi connectivity index (χ1n) is 7.55. The SMILES string of the molecule is CC(Nc1ccc(OCC(F)(F)F)cc1)C(=O)NC(=O)NC(C)(C)C. The van der Waals surface area contributed by atoms with Crippen molar-refractivity contribution in [2.24, 2.45) is 0 Å². The lowest BCUT2D eigenvalue weighted by Crippen LogP contribution is -2.51. The van der Waals surface area contributed by atoms with Gasteiger partial charge in [0.05, 0.1) is 0 Å². The average molecular weight is 361 g/mol. The van der Waals surface area contributed by atoms with Crippen LogP contribution in [-0.4, -0.2) is 36.3 Å². The normalized spacial score (nSPS) is 12.9. The van der Waals surface area contributed by atoms with Crippen LogP contribution in [0.3, 0.4) is 0 Å². The monoisotopic (exact) mass is 361 g/mol. The van der Waals surface area contributed by atoms with E-state index in [0.717, 1.165) is 0 Å².